The largest absolute Gasteiger partial charge is 0.395 e. The summed E-state index contributed by atoms with van der Waals surface area (Å²) in [6.45, 7) is 4.01. The zero-order chi connectivity index (χ0) is 8.97. The molecule has 1 aromatic rings. The fraction of sp³-hybridized carbons (Fsp3) is 0.714. The van der Waals surface area contributed by atoms with E-state index in [2.05, 4.69) is 14.9 Å². The average Bonchev–Trinajstić information content (AvgIpc) is 2.47. The van der Waals surface area contributed by atoms with Crippen LogP contribution in [0.3, 0.4) is 0 Å². The molecule has 1 heterocycles. The van der Waals surface area contributed by atoms with Gasteiger partial charge in [-0.25, -0.2) is 4.63 Å². The smallest absolute Gasteiger partial charge is 0.117 e. The van der Waals surface area contributed by atoms with Crippen LogP contribution in [0.5, 0.6) is 0 Å². The van der Waals surface area contributed by atoms with E-state index >= 15 is 0 Å². The summed E-state index contributed by atoms with van der Waals surface area (Å²) in [6, 6.07) is 0. The molecule has 1 rings (SSSR count). The zero-order valence-electron chi connectivity index (χ0n) is 7.15. The molecular weight excluding hydrogens is 176 g/mol. The molecule has 0 bridgehead atoms. The van der Waals surface area contributed by atoms with Gasteiger partial charge in [-0.1, -0.05) is 17.2 Å². The van der Waals surface area contributed by atoms with E-state index in [0.717, 1.165) is 17.1 Å². The molecule has 5 heteroatoms. The van der Waals surface area contributed by atoms with Crippen LogP contribution in [-0.2, 0) is 5.75 Å². The van der Waals surface area contributed by atoms with Crippen LogP contribution in [0.1, 0.15) is 18.3 Å². The van der Waals surface area contributed by atoms with Crippen molar-refractivity contribution in [3.8, 4) is 0 Å². The van der Waals surface area contributed by atoms with E-state index in [1.165, 1.54) is 0 Å². The van der Waals surface area contributed by atoms with Gasteiger partial charge in [-0.05, 0) is 6.92 Å². The predicted octanol–water partition coefficient (Wildman–Crippen LogP) is 0.992. The Morgan fingerprint density at radius 2 is 2.33 bits per heavy atom. The standard InChI is InChI=1S/C7H12N2O2S/c1-5(3-10)12-4-7-6(2)8-11-9-7/h5,10H,3-4H2,1-2H3. The van der Waals surface area contributed by atoms with Crippen molar-refractivity contribution in [1.82, 2.24) is 10.3 Å². The van der Waals surface area contributed by atoms with Crippen molar-refractivity contribution < 1.29 is 9.74 Å². The van der Waals surface area contributed by atoms with Gasteiger partial charge in [0.2, 0.25) is 0 Å². The van der Waals surface area contributed by atoms with Gasteiger partial charge in [-0.2, -0.15) is 0 Å². The lowest BCUT2D eigenvalue weighted by Crippen LogP contribution is -2.02. The number of aromatic nitrogens is 2. The Bertz CT molecular complexity index is 239. The Morgan fingerprint density at radius 1 is 1.58 bits per heavy atom. The van der Waals surface area contributed by atoms with Gasteiger partial charge in [-0.3, -0.25) is 0 Å². The SMILES string of the molecule is Cc1nonc1CSC(C)CO. The molecule has 1 unspecified atom stereocenters. The fourth-order valence-corrected chi connectivity index (χ4v) is 1.46. The van der Waals surface area contributed by atoms with Crippen molar-refractivity contribution >= 4 is 11.8 Å². The molecule has 0 aliphatic heterocycles. The summed E-state index contributed by atoms with van der Waals surface area (Å²) in [5, 5.41) is 16.4. The average molecular weight is 188 g/mol. The van der Waals surface area contributed by atoms with Gasteiger partial charge in [0.05, 0.1) is 6.61 Å². The van der Waals surface area contributed by atoms with E-state index in [1.807, 2.05) is 13.8 Å². The first-order chi connectivity index (χ1) is 5.74. The molecule has 0 aliphatic rings. The number of aryl methyl sites for hydroxylation is 1. The van der Waals surface area contributed by atoms with Crippen LogP contribution in [0.4, 0.5) is 0 Å². The lowest BCUT2D eigenvalue weighted by molar-refractivity contribution is 0.299. The summed E-state index contributed by atoms with van der Waals surface area (Å²) in [5.41, 5.74) is 1.69. The number of nitrogens with zero attached hydrogens (tertiary/aromatic N) is 2. The van der Waals surface area contributed by atoms with Crippen LogP contribution in [0.2, 0.25) is 0 Å². The molecule has 1 aromatic heterocycles. The topological polar surface area (TPSA) is 59.2 Å². The van der Waals surface area contributed by atoms with Gasteiger partial charge in [0.15, 0.2) is 0 Å². The molecule has 0 amide bonds. The first kappa shape index (κ1) is 9.54. The summed E-state index contributed by atoms with van der Waals surface area (Å²) < 4.78 is 4.54. The van der Waals surface area contributed by atoms with Gasteiger partial charge in [0, 0.05) is 11.0 Å². The van der Waals surface area contributed by atoms with E-state index in [4.69, 9.17) is 5.11 Å². The normalized spacial score (nSPS) is 13.2. The van der Waals surface area contributed by atoms with Crippen molar-refractivity contribution in [2.24, 2.45) is 0 Å². The van der Waals surface area contributed by atoms with E-state index in [0.29, 0.717) is 0 Å². The zero-order valence-corrected chi connectivity index (χ0v) is 7.97. The van der Waals surface area contributed by atoms with E-state index in [1.54, 1.807) is 11.8 Å². The highest BCUT2D eigenvalue weighted by Crippen LogP contribution is 2.16. The van der Waals surface area contributed by atoms with Crippen LogP contribution in [-0.4, -0.2) is 27.3 Å². The third kappa shape index (κ3) is 2.49. The van der Waals surface area contributed by atoms with E-state index < -0.39 is 0 Å². The second kappa shape index (κ2) is 4.47. The molecule has 0 aromatic carbocycles. The summed E-state index contributed by atoms with van der Waals surface area (Å²) in [4.78, 5) is 0. The molecule has 1 atom stereocenters. The number of thioether (sulfide) groups is 1. The lowest BCUT2D eigenvalue weighted by Gasteiger charge is -2.04. The quantitative estimate of drug-likeness (QED) is 0.763. The van der Waals surface area contributed by atoms with E-state index in [9.17, 15) is 0 Å². The minimum Gasteiger partial charge on any atom is -0.395 e. The fourth-order valence-electron chi connectivity index (χ4n) is 0.654. The molecule has 0 aliphatic carbocycles. The first-order valence-corrected chi connectivity index (χ1v) is 4.79. The molecule has 0 fully saturated rings. The molecule has 4 nitrogen and oxygen atoms in total. The maximum atomic E-state index is 8.75. The first-order valence-electron chi connectivity index (χ1n) is 3.74. The second-order valence-corrected chi connectivity index (χ2v) is 4.03. The third-order valence-corrected chi connectivity index (χ3v) is 2.67. The second-order valence-electron chi connectivity index (χ2n) is 2.60. The summed E-state index contributed by atoms with van der Waals surface area (Å²) in [6.07, 6.45) is 0. The summed E-state index contributed by atoms with van der Waals surface area (Å²) >= 11 is 1.64. The Labute approximate surface area is 75.3 Å². The molecular formula is C7H12N2O2S. The highest BCUT2D eigenvalue weighted by molar-refractivity contribution is 7.99. The lowest BCUT2D eigenvalue weighted by atomic mass is 10.4. The molecule has 68 valence electrons. The third-order valence-electron chi connectivity index (χ3n) is 1.51. The number of aliphatic hydroxyl groups is 1. The Morgan fingerprint density at radius 3 is 2.83 bits per heavy atom. The van der Waals surface area contributed by atoms with E-state index in [-0.39, 0.29) is 11.9 Å². The van der Waals surface area contributed by atoms with Crippen LogP contribution >= 0.6 is 11.8 Å². The summed E-state index contributed by atoms with van der Waals surface area (Å²) in [5.74, 6) is 0.747. The number of aliphatic hydroxyl groups excluding tert-OH is 1. The Hall–Kier alpha value is -0.550. The molecule has 0 saturated carbocycles. The van der Waals surface area contributed by atoms with Gasteiger partial charge in [-0.15, -0.1) is 11.8 Å². The molecule has 1 N–H and O–H groups in total. The Balaban J connectivity index is 2.38. The van der Waals surface area contributed by atoms with Gasteiger partial charge in [0.25, 0.3) is 0 Å². The van der Waals surface area contributed by atoms with Crippen LogP contribution in [0.15, 0.2) is 4.63 Å². The Kier molecular flexibility index (Phi) is 3.55. The van der Waals surface area contributed by atoms with Crippen LogP contribution in [0, 0.1) is 6.92 Å². The van der Waals surface area contributed by atoms with Crippen molar-refractivity contribution in [1.29, 1.82) is 0 Å². The van der Waals surface area contributed by atoms with Gasteiger partial charge < -0.3 is 5.11 Å². The highest BCUT2D eigenvalue weighted by Gasteiger charge is 2.07. The molecule has 0 saturated heterocycles. The van der Waals surface area contributed by atoms with Gasteiger partial charge in [0.1, 0.15) is 11.4 Å². The van der Waals surface area contributed by atoms with Crippen molar-refractivity contribution in [3.63, 3.8) is 0 Å². The molecule has 0 radical (unpaired) electrons. The van der Waals surface area contributed by atoms with Crippen molar-refractivity contribution in [3.05, 3.63) is 11.4 Å². The summed E-state index contributed by atoms with van der Waals surface area (Å²) in [7, 11) is 0. The minimum absolute atomic E-state index is 0.189. The minimum atomic E-state index is 0.189. The van der Waals surface area contributed by atoms with Gasteiger partial charge >= 0.3 is 0 Å². The molecule has 0 spiro atoms. The van der Waals surface area contributed by atoms with Crippen molar-refractivity contribution in [2.45, 2.75) is 24.9 Å². The van der Waals surface area contributed by atoms with Crippen LogP contribution < -0.4 is 0 Å². The van der Waals surface area contributed by atoms with Crippen molar-refractivity contribution in [2.75, 3.05) is 6.61 Å². The number of hydrogen-bond donors (Lipinski definition) is 1. The predicted molar refractivity (Wildman–Crippen MR) is 46.9 cm³/mol. The number of hydrogen-bond acceptors (Lipinski definition) is 5. The monoisotopic (exact) mass is 188 g/mol. The maximum absolute atomic E-state index is 8.75. The maximum Gasteiger partial charge on any atom is 0.117 e. The molecule has 12 heavy (non-hydrogen) atoms. The number of rotatable bonds is 4. The van der Waals surface area contributed by atoms with Crippen LogP contribution in [0.25, 0.3) is 0 Å². The highest BCUT2D eigenvalue weighted by atomic mass is 32.2.